The first-order chi connectivity index (χ1) is 10.00. The molecule has 1 aliphatic rings. The molecule has 1 aromatic heterocycles. The molecule has 114 valence electrons. The molecule has 1 fully saturated rings. The normalized spacial score (nSPS) is 20.3. The van der Waals surface area contributed by atoms with E-state index in [-0.39, 0.29) is 30.1 Å². The molecule has 21 heavy (non-hydrogen) atoms. The summed E-state index contributed by atoms with van der Waals surface area (Å²) >= 11 is 1.36. The number of carbonyl (C=O) groups excluding carboxylic acids is 1. The van der Waals surface area contributed by atoms with E-state index < -0.39 is 9.84 Å². The number of thiophene rings is 1. The van der Waals surface area contributed by atoms with E-state index in [1.54, 1.807) is 11.4 Å². The molecular formula is C14H17NO4S2. The molecule has 1 amide bonds. The Bertz CT molecular complexity index is 667. The van der Waals surface area contributed by atoms with Crippen LogP contribution in [-0.2, 0) is 9.84 Å². The third kappa shape index (κ3) is 4.84. The summed E-state index contributed by atoms with van der Waals surface area (Å²) < 4.78 is 23.1. The summed E-state index contributed by atoms with van der Waals surface area (Å²) in [5.41, 5.74) is 0.497. The maximum absolute atomic E-state index is 12.1. The summed E-state index contributed by atoms with van der Waals surface area (Å²) in [7, 11) is -3.03. The second-order valence-corrected chi connectivity index (χ2v) is 8.04. The summed E-state index contributed by atoms with van der Waals surface area (Å²) in [4.78, 5) is 12.8. The van der Waals surface area contributed by atoms with Crippen LogP contribution in [0.3, 0.4) is 0 Å². The molecule has 1 unspecified atom stereocenters. The SMILES string of the molecule is O=C(NC1CCCS(=O)(=O)C1)c1csc(C#CCCO)c1. The third-order valence-electron chi connectivity index (χ3n) is 3.11. The minimum Gasteiger partial charge on any atom is -0.395 e. The molecule has 1 saturated heterocycles. The van der Waals surface area contributed by atoms with Gasteiger partial charge in [-0.05, 0) is 18.9 Å². The fraction of sp³-hybridized carbons (Fsp3) is 0.500. The van der Waals surface area contributed by atoms with Gasteiger partial charge in [0.2, 0.25) is 0 Å². The Morgan fingerprint density at radius 2 is 2.33 bits per heavy atom. The van der Waals surface area contributed by atoms with Crippen LogP contribution in [0.1, 0.15) is 34.5 Å². The van der Waals surface area contributed by atoms with Crippen LogP contribution in [0, 0.1) is 11.8 Å². The predicted molar refractivity (Wildman–Crippen MR) is 82.0 cm³/mol. The topological polar surface area (TPSA) is 83.5 Å². The van der Waals surface area contributed by atoms with Gasteiger partial charge >= 0.3 is 0 Å². The van der Waals surface area contributed by atoms with Crippen molar-refractivity contribution in [1.82, 2.24) is 5.32 Å². The summed E-state index contributed by atoms with van der Waals surface area (Å²) in [6, 6.07) is 1.38. The summed E-state index contributed by atoms with van der Waals surface area (Å²) in [6.45, 7) is 0.0157. The van der Waals surface area contributed by atoms with Gasteiger partial charge in [0.15, 0.2) is 9.84 Å². The molecule has 2 N–H and O–H groups in total. The maximum Gasteiger partial charge on any atom is 0.252 e. The lowest BCUT2D eigenvalue weighted by Gasteiger charge is -2.22. The largest absolute Gasteiger partial charge is 0.395 e. The van der Waals surface area contributed by atoms with Crippen molar-refractivity contribution in [3.05, 3.63) is 21.9 Å². The van der Waals surface area contributed by atoms with E-state index in [9.17, 15) is 13.2 Å². The van der Waals surface area contributed by atoms with Gasteiger partial charge in [-0.3, -0.25) is 4.79 Å². The first-order valence-electron chi connectivity index (χ1n) is 6.70. The second-order valence-electron chi connectivity index (χ2n) is 4.90. The van der Waals surface area contributed by atoms with Gasteiger partial charge in [-0.2, -0.15) is 0 Å². The van der Waals surface area contributed by atoms with Crippen molar-refractivity contribution in [1.29, 1.82) is 0 Å². The van der Waals surface area contributed by atoms with E-state index in [0.717, 1.165) is 4.88 Å². The molecule has 5 nitrogen and oxygen atoms in total. The number of aliphatic hydroxyl groups is 1. The molecule has 1 aliphatic heterocycles. The Hall–Kier alpha value is -1.36. The van der Waals surface area contributed by atoms with Gasteiger partial charge < -0.3 is 10.4 Å². The fourth-order valence-corrected chi connectivity index (χ4v) is 4.52. The van der Waals surface area contributed by atoms with Crippen LogP contribution < -0.4 is 5.32 Å². The zero-order chi connectivity index (χ0) is 15.3. The van der Waals surface area contributed by atoms with E-state index in [1.807, 2.05) is 0 Å². The van der Waals surface area contributed by atoms with Gasteiger partial charge in [-0.15, -0.1) is 11.3 Å². The molecule has 0 bridgehead atoms. The highest BCUT2D eigenvalue weighted by Gasteiger charge is 2.26. The lowest BCUT2D eigenvalue weighted by Crippen LogP contribution is -2.43. The number of rotatable bonds is 3. The van der Waals surface area contributed by atoms with Crippen molar-refractivity contribution in [2.75, 3.05) is 18.1 Å². The van der Waals surface area contributed by atoms with Crippen LogP contribution in [0.4, 0.5) is 0 Å². The molecule has 0 aliphatic carbocycles. The van der Waals surface area contributed by atoms with E-state index in [1.165, 1.54) is 11.3 Å². The molecule has 0 saturated carbocycles. The van der Waals surface area contributed by atoms with Crippen molar-refractivity contribution in [2.45, 2.75) is 25.3 Å². The number of sulfone groups is 1. The lowest BCUT2D eigenvalue weighted by molar-refractivity contribution is 0.0938. The summed E-state index contributed by atoms with van der Waals surface area (Å²) in [5, 5.41) is 13.1. The quantitative estimate of drug-likeness (QED) is 0.804. The van der Waals surface area contributed by atoms with Crippen molar-refractivity contribution < 1.29 is 18.3 Å². The van der Waals surface area contributed by atoms with Crippen LogP contribution in [0.5, 0.6) is 0 Å². The monoisotopic (exact) mass is 327 g/mol. The Morgan fingerprint density at radius 3 is 3.05 bits per heavy atom. The van der Waals surface area contributed by atoms with Crippen molar-refractivity contribution in [2.24, 2.45) is 0 Å². The maximum atomic E-state index is 12.1. The van der Waals surface area contributed by atoms with E-state index in [2.05, 4.69) is 17.2 Å². The van der Waals surface area contributed by atoms with Gasteiger partial charge in [0.25, 0.3) is 5.91 Å². The zero-order valence-electron chi connectivity index (χ0n) is 11.5. The highest BCUT2D eigenvalue weighted by molar-refractivity contribution is 7.91. The van der Waals surface area contributed by atoms with Crippen LogP contribution in [0.15, 0.2) is 11.4 Å². The van der Waals surface area contributed by atoms with Crippen molar-refractivity contribution in [3.63, 3.8) is 0 Å². The Kier molecular flexibility index (Phi) is 5.39. The number of hydrogen-bond donors (Lipinski definition) is 2. The van der Waals surface area contributed by atoms with Crippen LogP contribution in [0.25, 0.3) is 0 Å². The van der Waals surface area contributed by atoms with Crippen molar-refractivity contribution in [3.8, 4) is 11.8 Å². The van der Waals surface area contributed by atoms with Crippen LogP contribution in [0.2, 0.25) is 0 Å². The highest BCUT2D eigenvalue weighted by atomic mass is 32.2. The zero-order valence-corrected chi connectivity index (χ0v) is 13.1. The first kappa shape index (κ1) is 16.0. The van der Waals surface area contributed by atoms with E-state index in [0.29, 0.717) is 24.8 Å². The molecule has 2 rings (SSSR count). The number of nitrogens with one attached hydrogen (secondary N) is 1. The smallest absolute Gasteiger partial charge is 0.252 e. The predicted octanol–water partition coefficient (Wildman–Crippen LogP) is 0.789. The van der Waals surface area contributed by atoms with Gasteiger partial charge in [-0.1, -0.05) is 11.8 Å². The summed E-state index contributed by atoms with van der Waals surface area (Å²) in [6.07, 6.45) is 1.69. The minimum atomic E-state index is -3.03. The lowest BCUT2D eigenvalue weighted by atomic mass is 10.1. The van der Waals surface area contributed by atoms with Gasteiger partial charge in [0.05, 0.1) is 28.6 Å². The average molecular weight is 327 g/mol. The van der Waals surface area contributed by atoms with E-state index >= 15 is 0 Å². The third-order valence-corrected chi connectivity index (χ3v) is 5.77. The number of hydrogen-bond acceptors (Lipinski definition) is 5. The van der Waals surface area contributed by atoms with Gasteiger partial charge in [-0.25, -0.2) is 8.42 Å². The molecule has 0 radical (unpaired) electrons. The van der Waals surface area contributed by atoms with Crippen molar-refractivity contribution >= 4 is 27.1 Å². The minimum absolute atomic E-state index is 0.0157. The summed E-state index contributed by atoms with van der Waals surface area (Å²) in [5.74, 6) is 5.64. The number of aliphatic hydroxyl groups excluding tert-OH is 1. The first-order valence-corrected chi connectivity index (χ1v) is 9.40. The molecule has 0 aromatic carbocycles. The van der Waals surface area contributed by atoms with Gasteiger partial charge in [0.1, 0.15) is 0 Å². The molecule has 7 heteroatoms. The Balaban J connectivity index is 1.96. The standard InChI is InChI=1S/C14H17NO4S2/c16-6-2-1-5-13-8-11(9-20-13)14(17)15-12-4-3-7-21(18,19)10-12/h8-9,12,16H,2-4,6-7,10H2,(H,15,17). The van der Waals surface area contributed by atoms with Crippen LogP contribution >= 0.6 is 11.3 Å². The second kappa shape index (κ2) is 7.07. The molecule has 1 aromatic rings. The average Bonchev–Trinajstić information content (AvgIpc) is 2.87. The molecule has 0 spiro atoms. The van der Waals surface area contributed by atoms with Gasteiger partial charge in [0, 0.05) is 17.8 Å². The number of carbonyl (C=O) groups is 1. The highest BCUT2D eigenvalue weighted by Crippen LogP contribution is 2.16. The molecule has 1 atom stereocenters. The molecular weight excluding hydrogens is 310 g/mol. The fourth-order valence-electron chi connectivity index (χ4n) is 2.13. The van der Waals surface area contributed by atoms with E-state index in [4.69, 9.17) is 5.11 Å². The Morgan fingerprint density at radius 1 is 1.52 bits per heavy atom. The van der Waals surface area contributed by atoms with Crippen LogP contribution in [-0.4, -0.2) is 43.6 Å². The molecule has 2 heterocycles. The Labute approximate surface area is 128 Å². The number of amides is 1.